The van der Waals surface area contributed by atoms with Gasteiger partial charge in [0.15, 0.2) is 5.76 Å². The fourth-order valence-electron chi connectivity index (χ4n) is 3.69. The standard InChI is InChI=1S/C21H24N4O4S/c1-30(27,28)22-14-16-7-5-11-24(15-16)21(26)19-13-18(20-10-6-12-29-20)23-25(19)17-8-3-2-4-9-17/h2-4,6,8-10,12-13,16,22H,5,7,11,14-15H2,1H3. The topological polar surface area (TPSA) is 97.4 Å². The number of hydrogen-bond acceptors (Lipinski definition) is 5. The predicted molar refractivity (Wildman–Crippen MR) is 113 cm³/mol. The molecule has 1 atom stereocenters. The van der Waals surface area contributed by atoms with Crippen molar-refractivity contribution in [2.24, 2.45) is 5.92 Å². The molecule has 4 rings (SSSR count). The summed E-state index contributed by atoms with van der Waals surface area (Å²) < 4.78 is 32.5. The average Bonchev–Trinajstić information content (AvgIpc) is 3.42. The lowest BCUT2D eigenvalue weighted by Crippen LogP contribution is -2.44. The molecule has 1 fully saturated rings. The van der Waals surface area contributed by atoms with Crippen molar-refractivity contribution < 1.29 is 17.6 Å². The van der Waals surface area contributed by atoms with E-state index in [2.05, 4.69) is 9.82 Å². The van der Waals surface area contributed by atoms with E-state index in [1.165, 1.54) is 0 Å². The van der Waals surface area contributed by atoms with Crippen molar-refractivity contribution in [3.63, 3.8) is 0 Å². The van der Waals surface area contributed by atoms with Crippen LogP contribution in [0.4, 0.5) is 0 Å². The first-order valence-electron chi connectivity index (χ1n) is 9.84. The van der Waals surface area contributed by atoms with E-state index in [1.807, 2.05) is 30.3 Å². The van der Waals surface area contributed by atoms with Gasteiger partial charge in [0.2, 0.25) is 10.0 Å². The zero-order valence-corrected chi connectivity index (χ0v) is 17.5. The summed E-state index contributed by atoms with van der Waals surface area (Å²) in [6, 6.07) is 14.8. The second-order valence-corrected chi connectivity index (χ2v) is 9.35. The van der Waals surface area contributed by atoms with Crippen LogP contribution in [0.5, 0.6) is 0 Å². The number of piperidine rings is 1. The van der Waals surface area contributed by atoms with Crippen LogP contribution < -0.4 is 4.72 Å². The molecule has 1 aliphatic rings. The van der Waals surface area contributed by atoms with Crippen LogP contribution in [0.3, 0.4) is 0 Å². The van der Waals surface area contributed by atoms with Crippen molar-refractivity contribution in [2.75, 3.05) is 25.9 Å². The summed E-state index contributed by atoms with van der Waals surface area (Å²) in [7, 11) is -3.26. The van der Waals surface area contributed by atoms with E-state index in [4.69, 9.17) is 4.42 Å². The van der Waals surface area contributed by atoms with Crippen LogP contribution in [-0.2, 0) is 10.0 Å². The van der Waals surface area contributed by atoms with Crippen LogP contribution in [-0.4, -0.2) is 54.9 Å². The molecule has 0 aliphatic carbocycles. The third-order valence-electron chi connectivity index (χ3n) is 5.14. The smallest absolute Gasteiger partial charge is 0.272 e. The molecule has 9 heteroatoms. The van der Waals surface area contributed by atoms with Gasteiger partial charge < -0.3 is 9.32 Å². The number of nitrogens with zero attached hydrogens (tertiary/aromatic N) is 3. The van der Waals surface area contributed by atoms with E-state index in [0.717, 1.165) is 24.8 Å². The van der Waals surface area contributed by atoms with Gasteiger partial charge in [0.05, 0.1) is 18.2 Å². The number of aromatic nitrogens is 2. The molecule has 1 amide bonds. The van der Waals surface area contributed by atoms with Crippen LogP contribution in [0.2, 0.25) is 0 Å². The first kappa shape index (κ1) is 20.4. The van der Waals surface area contributed by atoms with E-state index >= 15 is 0 Å². The normalized spacial score (nSPS) is 17.2. The first-order chi connectivity index (χ1) is 14.4. The van der Waals surface area contributed by atoms with Crippen LogP contribution >= 0.6 is 0 Å². The molecule has 1 N–H and O–H groups in total. The maximum atomic E-state index is 13.4. The number of nitrogens with one attached hydrogen (secondary N) is 1. The molecule has 0 bridgehead atoms. The first-order valence-corrected chi connectivity index (χ1v) is 11.7. The van der Waals surface area contributed by atoms with E-state index in [1.54, 1.807) is 34.0 Å². The average molecular weight is 429 g/mol. The second-order valence-electron chi connectivity index (χ2n) is 7.52. The number of furan rings is 1. The number of hydrogen-bond donors (Lipinski definition) is 1. The molecular weight excluding hydrogens is 404 g/mol. The number of rotatable bonds is 6. The summed E-state index contributed by atoms with van der Waals surface area (Å²) >= 11 is 0. The summed E-state index contributed by atoms with van der Waals surface area (Å²) in [5, 5.41) is 4.61. The molecule has 1 saturated heterocycles. The molecule has 30 heavy (non-hydrogen) atoms. The van der Waals surface area contributed by atoms with Gasteiger partial charge in [-0.3, -0.25) is 4.79 Å². The van der Waals surface area contributed by atoms with E-state index in [0.29, 0.717) is 36.8 Å². The fraction of sp³-hybridized carbons (Fsp3) is 0.333. The maximum absolute atomic E-state index is 13.4. The van der Waals surface area contributed by atoms with Gasteiger partial charge in [-0.1, -0.05) is 18.2 Å². The Balaban J connectivity index is 1.61. The zero-order chi connectivity index (χ0) is 21.1. The van der Waals surface area contributed by atoms with Gasteiger partial charge in [-0.15, -0.1) is 0 Å². The Bertz CT molecular complexity index is 1110. The predicted octanol–water partition coefficient (Wildman–Crippen LogP) is 2.53. The second kappa shape index (κ2) is 8.45. The van der Waals surface area contributed by atoms with Crippen LogP contribution in [0, 0.1) is 5.92 Å². The Kier molecular flexibility index (Phi) is 5.74. The van der Waals surface area contributed by atoms with Crippen molar-refractivity contribution in [2.45, 2.75) is 12.8 Å². The molecule has 158 valence electrons. The highest BCUT2D eigenvalue weighted by Crippen LogP contribution is 2.25. The van der Waals surface area contributed by atoms with E-state index < -0.39 is 10.0 Å². The molecule has 0 radical (unpaired) electrons. The van der Waals surface area contributed by atoms with Crippen LogP contribution in [0.1, 0.15) is 23.3 Å². The highest BCUT2D eigenvalue weighted by molar-refractivity contribution is 7.88. The Morgan fingerprint density at radius 2 is 2.03 bits per heavy atom. The summed E-state index contributed by atoms with van der Waals surface area (Å²) in [5.41, 5.74) is 1.81. The lowest BCUT2D eigenvalue weighted by Gasteiger charge is -2.32. The van der Waals surface area contributed by atoms with Crippen molar-refractivity contribution in [1.29, 1.82) is 0 Å². The Morgan fingerprint density at radius 1 is 1.23 bits per heavy atom. The van der Waals surface area contributed by atoms with Crippen LogP contribution in [0.15, 0.2) is 59.2 Å². The fourth-order valence-corrected chi connectivity index (χ4v) is 4.23. The Labute approximate surface area is 175 Å². The Hall–Kier alpha value is -2.91. The number of benzene rings is 1. The molecule has 1 aliphatic heterocycles. The van der Waals surface area contributed by atoms with Crippen molar-refractivity contribution in [3.8, 4) is 17.1 Å². The summed E-state index contributed by atoms with van der Waals surface area (Å²) in [5.74, 6) is 0.538. The molecule has 3 aromatic rings. The van der Waals surface area contributed by atoms with E-state index in [-0.39, 0.29) is 11.8 Å². The van der Waals surface area contributed by atoms with Gasteiger partial charge in [-0.2, -0.15) is 5.10 Å². The number of sulfonamides is 1. The molecule has 0 spiro atoms. The number of amides is 1. The number of carbonyl (C=O) groups is 1. The summed E-state index contributed by atoms with van der Waals surface area (Å²) in [6.45, 7) is 1.46. The monoisotopic (exact) mass is 428 g/mol. The lowest BCUT2D eigenvalue weighted by atomic mass is 9.98. The highest BCUT2D eigenvalue weighted by atomic mass is 32.2. The third kappa shape index (κ3) is 4.63. The van der Waals surface area contributed by atoms with Gasteiger partial charge in [0.1, 0.15) is 11.4 Å². The minimum atomic E-state index is -3.26. The molecule has 2 aromatic heterocycles. The summed E-state index contributed by atoms with van der Waals surface area (Å²) in [6.07, 6.45) is 4.42. The van der Waals surface area contributed by atoms with E-state index in [9.17, 15) is 13.2 Å². The minimum Gasteiger partial charge on any atom is -0.463 e. The van der Waals surface area contributed by atoms with Crippen molar-refractivity contribution in [1.82, 2.24) is 19.4 Å². The minimum absolute atomic E-state index is 0.0788. The lowest BCUT2D eigenvalue weighted by molar-refractivity contribution is 0.0667. The number of carbonyl (C=O) groups excluding carboxylic acids is 1. The zero-order valence-electron chi connectivity index (χ0n) is 16.7. The van der Waals surface area contributed by atoms with Crippen LogP contribution in [0.25, 0.3) is 17.1 Å². The molecular formula is C21H24N4O4S. The van der Waals surface area contributed by atoms with Crippen molar-refractivity contribution in [3.05, 3.63) is 60.5 Å². The van der Waals surface area contributed by atoms with Gasteiger partial charge in [0, 0.05) is 25.7 Å². The van der Waals surface area contributed by atoms with Crippen molar-refractivity contribution >= 4 is 15.9 Å². The highest BCUT2D eigenvalue weighted by Gasteiger charge is 2.28. The van der Waals surface area contributed by atoms with Gasteiger partial charge in [-0.05, 0) is 43.0 Å². The largest absolute Gasteiger partial charge is 0.463 e. The Morgan fingerprint density at radius 3 is 2.73 bits per heavy atom. The molecule has 1 aromatic carbocycles. The molecule has 8 nitrogen and oxygen atoms in total. The van der Waals surface area contributed by atoms with Gasteiger partial charge in [-0.25, -0.2) is 17.8 Å². The third-order valence-corrected chi connectivity index (χ3v) is 5.83. The molecule has 1 unspecified atom stereocenters. The molecule has 3 heterocycles. The SMILES string of the molecule is CS(=O)(=O)NCC1CCCN(C(=O)c2cc(-c3ccco3)nn2-c2ccccc2)C1. The number of para-hydroxylation sites is 1. The maximum Gasteiger partial charge on any atom is 0.272 e. The van der Waals surface area contributed by atoms with Gasteiger partial charge >= 0.3 is 0 Å². The summed E-state index contributed by atoms with van der Waals surface area (Å²) in [4.78, 5) is 15.2. The molecule has 0 saturated carbocycles. The number of likely N-dealkylation sites (tertiary alicyclic amines) is 1. The quantitative estimate of drug-likeness (QED) is 0.651. The van der Waals surface area contributed by atoms with Gasteiger partial charge in [0.25, 0.3) is 5.91 Å².